The van der Waals surface area contributed by atoms with Crippen LogP contribution in [0, 0.1) is 5.92 Å². The second-order valence-electron chi connectivity index (χ2n) is 5.08. The molecule has 1 N–H and O–H groups in total. The van der Waals surface area contributed by atoms with Crippen LogP contribution in [-0.4, -0.2) is 19.7 Å². The van der Waals surface area contributed by atoms with Crippen molar-refractivity contribution in [2.45, 2.75) is 31.7 Å². The largest absolute Gasteiger partial charge is 0.497 e. The van der Waals surface area contributed by atoms with Crippen LogP contribution >= 0.6 is 0 Å². The normalized spacial score (nSPS) is 32.0. The Morgan fingerprint density at radius 1 is 1.38 bits per heavy atom. The fraction of sp³-hybridized carbons (Fsp3) is 0.571. The first-order chi connectivity index (χ1) is 7.79. The quantitative estimate of drug-likeness (QED) is 0.779. The number of piperidine rings is 1. The lowest BCUT2D eigenvalue weighted by atomic mass is 9.69. The molecule has 0 saturated carbocycles. The van der Waals surface area contributed by atoms with Crippen molar-refractivity contribution in [3.8, 4) is 5.75 Å². The number of hydrogen-bond acceptors (Lipinski definition) is 2. The van der Waals surface area contributed by atoms with Crippen molar-refractivity contribution in [2.24, 2.45) is 5.92 Å². The van der Waals surface area contributed by atoms with E-state index in [0.29, 0.717) is 6.04 Å². The van der Waals surface area contributed by atoms with Crippen molar-refractivity contribution in [3.05, 3.63) is 29.3 Å². The van der Waals surface area contributed by atoms with Gasteiger partial charge in [0.15, 0.2) is 0 Å². The maximum absolute atomic E-state index is 5.34. The molecule has 86 valence electrons. The first-order valence-corrected chi connectivity index (χ1v) is 6.20. The molecule has 0 radical (unpaired) electrons. The summed E-state index contributed by atoms with van der Waals surface area (Å²) in [6.07, 6.45) is 2.44. The van der Waals surface area contributed by atoms with Gasteiger partial charge >= 0.3 is 0 Å². The number of benzene rings is 1. The highest BCUT2D eigenvalue weighted by atomic mass is 16.5. The van der Waals surface area contributed by atoms with Crippen LogP contribution in [0.4, 0.5) is 0 Å². The number of rotatable bonds is 1. The zero-order valence-electron chi connectivity index (χ0n) is 9.99. The van der Waals surface area contributed by atoms with E-state index in [1.54, 1.807) is 7.11 Å². The van der Waals surface area contributed by atoms with Crippen LogP contribution in [0.25, 0.3) is 0 Å². The molecule has 1 aliphatic heterocycles. The van der Waals surface area contributed by atoms with Crippen molar-refractivity contribution >= 4 is 0 Å². The molecule has 1 unspecified atom stereocenters. The van der Waals surface area contributed by atoms with E-state index in [-0.39, 0.29) is 0 Å². The molecule has 2 nitrogen and oxygen atoms in total. The van der Waals surface area contributed by atoms with Crippen molar-refractivity contribution in [2.75, 3.05) is 13.7 Å². The Bertz CT molecular complexity index is 402. The van der Waals surface area contributed by atoms with Gasteiger partial charge in [0.2, 0.25) is 0 Å². The maximum Gasteiger partial charge on any atom is 0.119 e. The Morgan fingerprint density at radius 3 is 3.06 bits per heavy atom. The van der Waals surface area contributed by atoms with Gasteiger partial charge < -0.3 is 10.1 Å². The van der Waals surface area contributed by atoms with E-state index < -0.39 is 0 Å². The Labute approximate surface area is 97.0 Å². The zero-order chi connectivity index (χ0) is 11.1. The molecule has 16 heavy (non-hydrogen) atoms. The fourth-order valence-corrected chi connectivity index (χ4v) is 3.32. The summed E-state index contributed by atoms with van der Waals surface area (Å²) in [6, 6.07) is 7.26. The molecule has 2 heteroatoms. The van der Waals surface area contributed by atoms with Gasteiger partial charge in [0.05, 0.1) is 7.11 Å². The van der Waals surface area contributed by atoms with Crippen LogP contribution in [0.3, 0.4) is 0 Å². The second-order valence-corrected chi connectivity index (χ2v) is 5.08. The minimum atomic E-state index is 0.680. The lowest BCUT2D eigenvalue weighted by Crippen LogP contribution is -2.48. The van der Waals surface area contributed by atoms with Gasteiger partial charge in [-0.3, -0.25) is 0 Å². The van der Waals surface area contributed by atoms with Gasteiger partial charge in [0.1, 0.15) is 5.75 Å². The van der Waals surface area contributed by atoms with Gasteiger partial charge in [-0.15, -0.1) is 0 Å². The zero-order valence-corrected chi connectivity index (χ0v) is 9.99. The average molecular weight is 217 g/mol. The predicted molar refractivity (Wildman–Crippen MR) is 65.0 cm³/mol. The summed E-state index contributed by atoms with van der Waals surface area (Å²) in [5.74, 6) is 2.49. The van der Waals surface area contributed by atoms with Gasteiger partial charge in [0.25, 0.3) is 0 Å². The average Bonchev–Trinajstić information content (AvgIpc) is 2.29. The molecule has 1 saturated heterocycles. The molecule has 2 bridgehead atoms. The van der Waals surface area contributed by atoms with Crippen LogP contribution in [0.1, 0.15) is 30.4 Å². The molecule has 1 aliphatic carbocycles. The summed E-state index contributed by atoms with van der Waals surface area (Å²) in [5.41, 5.74) is 3.05. The van der Waals surface area contributed by atoms with E-state index >= 15 is 0 Å². The molecule has 3 atom stereocenters. The van der Waals surface area contributed by atoms with E-state index in [1.165, 1.54) is 24.0 Å². The second kappa shape index (κ2) is 3.77. The molecule has 0 spiro atoms. The number of hydrogen-bond donors (Lipinski definition) is 1. The molecule has 2 aliphatic rings. The smallest absolute Gasteiger partial charge is 0.119 e. The topological polar surface area (TPSA) is 21.3 Å². The fourth-order valence-electron chi connectivity index (χ4n) is 3.32. The highest BCUT2D eigenvalue weighted by molar-refractivity contribution is 5.41. The van der Waals surface area contributed by atoms with Gasteiger partial charge in [-0.05, 0) is 54.5 Å². The third-order valence-corrected chi connectivity index (χ3v) is 4.32. The van der Waals surface area contributed by atoms with Crippen molar-refractivity contribution in [1.82, 2.24) is 5.32 Å². The van der Waals surface area contributed by atoms with E-state index in [9.17, 15) is 0 Å². The maximum atomic E-state index is 5.34. The lowest BCUT2D eigenvalue weighted by molar-refractivity contribution is 0.241. The van der Waals surface area contributed by atoms with Gasteiger partial charge in [-0.25, -0.2) is 0 Å². The van der Waals surface area contributed by atoms with E-state index in [1.807, 2.05) is 0 Å². The van der Waals surface area contributed by atoms with Crippen molar-refractivity contribution < 1.29 is 4.74 Å². The van der Waals surface area contributed by atoms with Gasteiger partial charge in [0, 0.05) is 6.04 Å². The van der Waals surface area contributed by atoms with E-state index in [4.69, 9.17) is 4.74 Å². The Hall–Kier alpha value is -1.02. The number of nitrogens with one attached hydrogen (secondary N) is 1. The molecule has 3 rings (SSSR count). The highest BCUT2D eigenvalue weighted by Gasteiger charge is 2.36. The minimum absolute atomic E-state index is 0.680. The van der Waals surface area contributed by atoms with Crippen LogP contribution in [0.5, 0.6) is 5.75 Å². The molecule has 1 heterocycles. The van der Waals surface area contributed by atoms with Crippen LogP contribution in [0.15, 0.2) is 18.2 Å². The minimum Gasteiger partial charge on any atom is -0.497 e. The summed E-state index contributed by atoms with van der Waals surface area (Å²) in [5, 5.41) is 3.64. The summed E-state index contributed by atoms with van der Waals surface area (Å²) >= 11 is 0. The monoisotopic (exact) mass is 217 g/mol. The van der Waals surface area contributed by atoms with E-state index in [0.717, 1.165) is 24.1 Å². The van der Waals surface area contributed by atoms with Crippen molar-refractivity contribution in [1.29, 1.82) is 0 Å². The lowest BCUT2D eigenvalue weighted by Gasteiger charge is -2.42. The predicted octanol–water partition coefficient (Wildman–Crippen LogP) is 2.33. The molecule has 0 aromatic heterocycles. The molecule has 1 aromatic carbocycles. The summed E-state index contributed by atoms with van der Waals surface area (Å²) < 4.78 is 5.34. The van der Waals surface area contributed by atoms with Gasteiger partial charge in [-0.1, -0.05) is 13.0 Å². The standard InChI is InChI=1S/C14H19NO/c1-9-12-5-6-15-14(9)7-10-3-4-11(16-2)8-13(10)12/h3-4,8-9,12,14-15H,5-7H2,1-2H3/t9-,12+,14?/m1/s1. The first kappa shape index (κ1) is 10.2. The molecule has 1 fully saturated rings. The van der Waals surface area contributed by atoms with Gasteiger partial charge in [-0.2, -0.15) is 0 Å². The summed E-state index contributed by atoms with van der Waals surface area (Å²) in [7, 11) is 1.75. The Morgan fingerprint density at radius 2 is 2.25 bits per heavy atom. The third-order valence-electron chi connectivity index (χ3n) is 4.32. The number of ether oxygens (including phenoxy) is 1. The first-order valence-electron chi connectivity index (χ1n) is 6.20. The Balaban J connectivity index is 2.05. The number of fused-ring (bicyclic) bond motifs is 4. The summed E-state index contributed by atoms with van der Waals surface area (Å²) in [6.45, 7) is 3.54. The Kier molecular flexibility index (Phi) is 2.40. The van der Waals surface area contributed by atoms with E-state index in [2.05, 4.69) is 30.4 Å². The molecular weight excluding hydrogens is 198 g/mol. The third kappa shape index (κ3) is 1.44. The van der Waals surface area contributed by atoms with Crippen molar-refractivity contribution in [3.63, 3.8) is 0 Å². The van der Waals surface area contributed by atoms with Crippen LogP contribution in [-0.2, 0) is 6.42 Å². The number of methoxy groups -OCH3 is 1. The molecule has 0 amide bonds. The molecule has 1 aromatic rings. The molecular formula is C14H19NO. The van der Waals surface area contributed by atoms with Crippen LogP contribution < -0.4 is 10.1 Å². The highest BCUT2D eigenvalue weighted by Crippen LogP contribution is 2.41. The summed E-state index contributed by atoms with van der Waals surface area (Å²) in [4.78, 5) is 0. The van der Waals surface area contributed by atoms with Crippen LogP contribution in [0.2, 0.25) is 0 Å². The SMILES string of the molecule is COc1ccc2c(c1)[C@H]1CCNC(C2)[C@@H]1C.